The molecule has 8 nitrogen and oxygen atoms in total. The molecule has 0 fully saturated rings. The van der Waals surface area contributed by atoms with Crippen molar-refractivity contribution in [1.82, 2.24) is 20.2 Å². The van der Waals surface area contributed by atoms with E-state index in [-0.39, 0.29) is 24.2 Å². The van der Waals surface area contributed by atoms with E-state index < -0.39 is 0 Å². The second-order valence-corrected chi connectivity index (χ2v) is 9.90. The van der Waals surface area contributed by atoms with Gasteiger partial charge in [0.25, 0.3) is 0 Å². The van der Waals surface area contributed by atoms with Gasteiger partial charge < -0.3 is 14.2 Å². The number of tetrazole rings is 1. The lowest BCUT2D eigenvalue weighted by molar-refractivity contribution is -0.142. The number of carbonyl (C=O) groups is 1. The summed E-state index contributed by atoms with van der Waals surface area (Å²) in [5, 5.41) is 13.3. The molecule has 0 spiro atoms. The minimum atomic E-state index is -0.360. The number of rotatable bonds is 9. The summed E-state index contributed by atoms with van der Waals surface area (Å²) in [6, 6.07) is 20.7. The topological polar surface area (TPSA) is 88.4 Å². The number of carbonyl (C=O) groups excluding carboxylic acids is 1. The summed E-state index contributed by atoms with van der Waals surface area (Å²) >= 11 is 6.56. The van der Waals surface area contributed by atoms with E-state index in [1.165, 1.54) is 11.1 Å². The van der Waals surface area contributed by atoms with Crippen LogP contribution in [0.15, 0.2) is 60.7 Å². The van der Waals surface area contributed by atoms with Crippen LogP contribution in [0, 0.1) is 0 Å². The van der Waals surface area contributed by atoms with Crippen molar-refractivity contribution < 1.29 is 19.0 Å². The molecule has 0 unspecified atom stereocenters. The molecular formula is C30H31ClN4O4. The number of benzene rings is 3. The van der Waals surface area contributed by atoms with Crippen molar-refractivity contribution in [2.45, 2.75) is 44.6 Å². The van der Waals surface area contributed by atoms with E-state index in [1.54, 1.807) is 25.9 Å². The number of halogens is 1. The summed E-state index contributed by atoms with van der Waals surface area (Å²) < 4.78 is 16.5. The van der Waals surface area contributed by atoms with Crippen LogP contribution in [-0.2, 0) is 22.5 Å². The molecule has 202 valence electrons. The van der Waals surface area contributed by atoms with Crippen LogP contribution in [0.1, 0.15) is 54.1 Å². The highest BCUT2D eigenvalue weighted by molar-refractivity contribution is 6.30. The first-order chi connectivity index (χ1) is 19.0. The Labute approximate surface area is 232 Å². The van der Waals surface area contributed by atoms with E-state index in [0.29, 0.717) is 29.7 Å². The summed E-state index contributed by atoms with van der Waals surface area (Å²) in [7, 11) is 3.33. The Bertz CT molecular complexity index is 1470. The van der Waals surface area contributed by atoms with E-state index in [2.05, 4.69) is 57.9 Å². The summed E-state index contributed by atoms with van der Waals surface area (Å²) in [6.45, 7) is 2.64. The molecule has 1 aromatic heterocycles. The Kier molecular flexibility index (Phi) is 8.12. The molecule has 1 heterocycles. The third-order valence-electron chi connectivity index (χ3n) is 7.19. The number of methoxy groups -OCH3 is 2. The Morgan fingerprint density at radius 1 is 1.00 bits per heavy atom. The second kappa shape index (κ2) is 11.9. The smallest absolute Gasteiger partial charge is 0.313 e. The lowest BCUT2D eigenvalue weighted by Crippen LogP contribution is -2.12. The highest BCUT2D eigenvalue weighted by Crippen LogP contribution is 2.50. The van der Waals surface area contributed by atoms with Crippen molar-refractivity contribution in [3.05, 3.63) is 88.2 Å². The molecule has 0 bridgehead atoms. The van der Waals surface area contributed by atoms with Gasteiger partial charge in [0.15, 0.2) is 17.3 Å². The Morgan fingerprint density at radius 3 is 2.59 bits per heavy atom. The number of nitrogens with zero attached hydrogens (tertiary/aromatic N) is 4. The highest BCUT2D eigenvalue weighted by atomic mass is 35.5. The number of aromatic nitrogens is 4. The Hall–Kier alpha value is -3.91. The van der Waals surface area contributed by atoms with Crippen LogP contribution in [0.5, 0.6) is 11.5 Å². The quantitative estimate of drug-likeness (QED) is 0.244. The van der Waals surface area contributed by atoms with Crippen molar-refractivity contribution in [2.24, 2.45) is 0 Å². The zero-order chi connectivity index (χ0) is 27.4. The third kappa shape index (κ3) is 5.61. The number of hydrogen-bond acceptors (Lipinski definition) is 7. The first kappa shape index (κ1) is 26.7. The maximum Gasteiger partial charge on any atom is 0.313 e. The molecule has 0 radical (unpaired) electrons. The summed E-state index contributed by atoms with van der Waals surface area (Å²) in [4.78, 5) is 13.4. The van der Waals surface area contributed by atoms with Gasteiger partial charge in [-0.25, -0.2) is 0 Å². The fourth-order valence-electron chi connectivity index (χ4n) is 5.51. The number of esters is 1. The number of hydrogen-bond donors (Lipinski definition) is 0. The largest absolute Gasteiger partial charge is 0.493 e. The zero-order valence-electron chi connectivity index (χ0n) is 22.3. The lowest BCUT2D eigenvalue weighted by Gasteiger charge is -2.25. The number of fused-ring (bicyclic) bond motifs is 3. The van der Waals surface area contributed by atoms with Gasteiger partial charge in [0.2, 0.25) is 0 Å². The van der Waals surface area contributed by atoms with E-state index in [0.717, 1.165) is 35.3 Å². The fraction of sp³-hybridized carbons (Fsp3) is 0.333. The Morgan fingerprint density at radius 2 is 1.79 bits per heavy atom. The lowest BCUT2D eigenvalue weighted by atomic mass is 9.81. The number of para-hydroxylation sites is 1. The van der Waals surface area contributed by atoms with Crippen LogP contribution in [0.25, 0.3) is 11.1 Å². The van der Waals surface area contributed by atoms with Gasteiger partial charge in [-0.15, -0.1) is 10.2 Å². The van der Waals surface area contributed by atoms with Crippen LogP contribution in [0.4, 0.5) is 0 Å². The molecule has 4 aromatic rings. The van der Waals surface area contributed by atoms with Gasteiger partial charge >= 0.3 is 5.97 Å². The average molecular weight is 547 g/mol. The predicted octanol–water partition coefficient (Wildman–Crippen LogP) is 5.83. The number of ether oxygens (including phenoxy) is 3. The van der Waals surface area contributed by atoms with Gasteiger partial charge in [-0.05, 0) is 71.3 Å². The van der Waals surface area contributed by atoms with E-state index in [4.69, 9.17) is 25.8 Å². The van der Waals surface area contributed by atoms with Crippen LogP contribution in [0.2, 0.25) is 5.02 Å². The van der Waals surface area contributed by atoms with E-state index in [9.17, 15) is 4.79 Å². The molecule has 1 aliphatic carbocycles. The first-order valence-electron chi connectivity index (χ1n) is 13.0. The van der Waals surface area contributed by atoms with Gasteiger partial charge in [-0.1, -0.05) is 54.1 Å². The highest BCUT2D eigenvalue weighted by Gasteiger charge is 2.32. The molecule has 3 aromatic carbocycles. The van der Waals surface area contributed by atoms with Crippen molar-refractivity contribution in [2.75, 3.05) is 20.8 Å². The van der Waals surface area contributed by atoms with Gasteiger partial charge in [-0.2, -0.15) is 4.80 Å². The van der Waals surface area contributed by atoms with Crippen molar-refractivity contribution >= 4 is 17.6 Å². The molecule has 1 aliphatic rings. The molecule has 0 N–H and O–H groups in total. The SMILES string of the molecule is CCOC(=O)Cc1nnn(CC[C@@H]2C[C@H](c3cccc(OC)c3OC)c3cc(Cl)ccc3-c3ccccc32)n1. The Balaban J connectivity index is 1.52. The zero-order valence-corrected chi connectivity index (χ0v) is 23.0. The van der Waals surface area contributed by atoms with Crippen LogP contribution in [0.3, 0.4) is 0 Å². The van der Waals surface area contributed by atoms with Crippen LogP contribution >= 0.6 is 11.6 Å². The van der Waals surface area contributed by atoms with E-state index in [1.807, 2.05) is 18.2 Å². The predicted molar refractivity (Wildman–Crippen MR) is 148 cm³/mol. The molecule has 0 saturated heterocycles. The molecule has 9 heteroatoms. The first-order valence-corrected chi connectivity index (χ1v) is 13.4. The average Bonchev–Trinajstić information content (AvgIpc) is 3.34. The summed E-state index contributed by atoms with van der Waals surface area (Å²) in [5.74, 6) is 1.59. The summed E-state index contributed by atoms with van der Waals surface area (Å²) in [5.41, 5.74) is 5.81. The van der Waals surface area contributed by atoms with Crippen molar-refractivity contribution in [1.29, 1.82) is 0 Å². The fourth-order valence-corrected chi connectivity index (χ4v) is 5.69. The monoisotopic (exact) mass is 546 g/mol. The van der Waals surface area contributed by atoms with Gasteiger partial charge in [0.05, 0.1) is 27.4 Å². The molecule has 0 saturated carbocycles. The third-order valence-corrected chi connectivity index (χ3v) is 7.42. The summed E-state index contributed by atoms with van der Waals surface area (Å²) in [6.07, 6.45) is 1.60. The van der Waals surface area contributed by atoms with Gasteiger partial charge in [0, 0.05) is 16.5 Å². The van der Waals surface area contributed by atoms with Crippen LogP contribution in [-0.4, -0.2) is 47.0 Å². The minimum Gasteiger partial charge on any atom is -0.493 e. The van der Waals surface area contributed by atoms with Crippen molar-refractivity contribution in [3.8, 4) is 22.6 Å². The maximum absolute atomic E-state index is 11.8. The maximum atomic E-state index is 11.8. The molecule has 5 rings (SSSR count). The van der Waals surface area contributed by atoms with Gasteiger partial charge in [0.1, 0.15) is 6.42 Å². The van der Waals surface area contributed by atoms with Crippen LogP contribution < -0.4 is 9.47 Å². The molecule has 39 heavy (non-hydrogen) atoms. The molecular weight excluding hydrogens is 516 g/mol. The van der Waals surface area contributed by atoms with Crippen molar-refractivity contribution in [3.63, 3.8) is 0 Å². The molecule has 0 amide bonds. The number of aryl methyl sites for hydroxylation is 1. The normalized spacial score (nSPS) is 16.1. The van der Waals surface area contributed by atoms with E-state index >= 15 is 0 Å². The minimum absolute atomic E-state index is 0.00392. The molecule has 0 aliphatic heterocycles. The molecule has 2 atom stereocenters. The second-order valence-electron chi connectivity index (χ2n) is 9.46. The van der Waals surface area contributed by atoms with Gasteiger partial charge in [-0.3, -0.25) is 4.79 Å². The standard InChI is InChI=1S/C30H31ClN4O4/c1-4-39-29(36)18-28-32-34-35(33-28)15-14-19-16-25(24-10-7-11-27(37-2)30(24)38-3)26-17-20(31)12-13-23(26)22-9-6-5-8-21(19)22/h5-13,17,19,25H,4,14-16,18H2,1-3H3/t19-,25-/m1/s1.